The maximum Gasteiger partial charge on any atom is 0.242 e. The SMILES string of the molecule is Cc1cnc(Cl)nc1N1CCNC(=O)C1C. The molecule has 1 aromatic heterocycles. The number of aryl methyl sites for hydroxylation is 1. The Bertz CT molecular complexity index is 423. The standard InChI is InChI=1S/C10H13ClN4O/c1-6-5-13-10(11)14-8(6)15-4-3-12-9(16)7(15)2/h5,7H,3-4H2,1-2H3,(H,12,16). The molecule has 1 atom stereocenters. The molecule has 2 heterocycles. The summed E-state index contributed by atoms with van der Waals surface area (Å²) in [7, 11) is 0. The van der Waals surface area contributed by atoms with E-state index in [1.54, 1.807) is 6.20 Å². The summed E-state index contributed by atoms with van der Waals surface area (Å²) in [6, 6.07) is -0.224. The van der Waals surface area contributed by atoms with Gasteiger partial charge in [0.25, 0.3) is 0 Å². The van der Waals surface area contributed by atoms with Gasteiger partial charge in [0.1, 0.15) is 11.9 Å². The van der Waals surface area contributed by atoms with Gasteiger partial charge < -0.3 is 10.2 Å². The van der Waals surface area contributed by atoms with E-state index in [9.17, 15) is 4.79 Å². The molecule has 86 valence electrons. The number of piperazine rings is 1. The minimum atomic E-state index is -0.224. The number of halogens is 1. The molecule has 0 radical (unpaired) electrons. The molecule has 2 rings (SSSR count). The van der Waals surface area contributed by atoms with Crippen molar-refractivity contribution in [1.29, 1.82) is 0 Å². The molecule has 1 amide bonds. The number of rotatable bonds is 1. The Hall–Kier alpha value is -1.36. The Morgan fingerprint density at radius 3 is 3.12 bits per heavy atom. The molecule has 5 nitrogen and oxygen atoms in total. The predicted octanol–water partition coefficient (Wildman–Crippen LogP) is 0.763. The zero-order valence-corrected chi connectivity index (χ0v) is 9.95. The van der Waals surface area contributed by atoms with Gasteiger partial charge in [-0.05, 0) is 25.4 Å². The molecule has 1 fully saturated rings. The number of nitrogens with one attached hydrogen (secondary N) is 1. The van der Waals surface area contributed by atoms with Crippen LogP contribution >= 0.6 is 11.6 Å². The van der Waals surface area contributed by atoms with Gasteiger partial charge in [0.2, 0.25) is 11.2 Å². The number of aromatic nitrogens is 2. The lowest BCUT2D eigenvalue weighted by atomic mass is 10.2. The van der Waals surface area contributed by atoms with Gasteiger partial charge in [-0.15, -0.1) is 0 Å². The smallest absolute Gasteiger partial charge is 0.242 e. The number of nitrogens with zero attached hydrogens (tertiary/aromatic N) is 3. The first-order valence-electron chi connectivity index (χ1n) is 5.13. The summed E-state index contributed by atoms with van der Waals surface area (Å²) in [5.41, 5.74) is 0.922. The zero-order chi connectivity index (χ0) is 11.7. The predicted molar refractivity (Wildman–Crippen MR) is 61.6 cm³/mol. The van der Waals surface area contributed by atoms with E-state index in [1.807, 2.05) is 18.7 Å². The fraction of sp³-hybridized carbons (Fsp3) is 0.500. The lowest BCUT2D eigenvalue weighted by Gasteiger charge is -2.34. The fourth-order valence-corrected chi connectivity index (χ4v) is 1.90. The van der Waals surface area contributed by atoms with Crippen molar-refractivity contribution in [3.05, 3.63) is 17.0 Å². The van der Waals surface area contributed by atoms with E-state index in [0.29, 0.717) is 6.54 Å². The van der Waals surface area contributed by atoms with Crippen LogP contribution in [0.2, 0.25) is 5.28 Å². The van der Waals surface area contributed by atoms with Crippen molar-refractivity contribution in [1.82, 2.24) is 15.3 Å². The van der Waals surface area contributed by atoms with E-state index in [0.717, 1.165) is 17.9 Å². The highest BCUT2D eigenvalue weighted by Gasteiger charge is 2.27. The average molecular weight is 241 g/mol. The van der Waals surface area contributed by atoms with Gasteiger partial charge in [0.05, 0.1) is 0 Å². The Kier molecular flexibility index (Phi) is 2.96. The topological polar surface area (TPSA) is 58.1 Å². The van der Waals surface area contributed by atoms with E-state index in [-0.39, 0.29) is 17.2 Å². The van der Waals surface area contributed by atoms with E-state index >= 15 is 0 Å². The minimum Gasteiger partial charge on any atom is -0.353 e. The summed E-state index contributed by atoms with van der Waals surface area (Å²) in [6.45, 7) is 5.13. The van der Waals surface area contributed by atoms with Crippen molar-refractivity contribution in [3.63, 3.8) is 0 Å². The van der Waals surface area contributed by atoms with Gasteiger partial charge in [-0.25, -0.2) is 9.97 Å². The van der Waals surface area contributed by atoms with Crippen molar-refractivity contribution < 1.29 is 4.79 Å². The molecule has 1 aliphatic rings. The molecule has 16 heavy (non-hydrogen) atoms. The lowest BCUT2D eigenvalue weighted by molar-refractivity contribution is -0.122. The van der Waals surface area contributed by atoms with E-state index in [1.165, 1.54) is 0 Å². The highest BCUT2D eigenvalue weighted by molar-refractivity contribution is 6.28. The van der Waals surface area contributed by atoms with Gasteiger partial charge in [-0.2, -0.15) is 0 Å². The number of carbonyl (C=O) groups excluding carboxylic acids is 1. The number of hydrogen-bond acceptors (Lipinski definition) is 4. The Balaban J connectivity index is 2.35. The van der Waals surface area contributed by atoms with Crippen LogP contribution in [0.4, 0.5) is 5.82 Å². The van der Waals surface area contributed by atoms with Gasteiger partial charge in [0, 0.05) is 24.8 Å². The maximum atomic E-state index is 11.5. The number of amides is 1. The van der Waals surface area contributed by atoms with Gasteiger partial charge in [-0.1, -0.05) is 0 Å². The van der Waals surface area contributed by atoms with E-state index < -0.39 is 0 Å². The van der Waals surface area contributed by atoms with Crippen LogP contribution in [0, 0.1) is 6.92 Å². The second-order valence-electron chi connectivity index (χ2n) is 3.81. The first-order chi connectivity index (χ1) is 7.59. The molecule has 1 unspecified atom stereocenters. The van der Waals surface area contributed by atoms with Gasteiger partial charge >= 0.3 is 0 Å². The summed E-state index contributed by atoms with van der Waals surface area (Å²) >= 11 is 5.77. The van der Waals surface area contributed by atoms with Crippen LogP contribution < -0.4 is 10.2 Å². The van der Waals surface area contributed by atoms with Crippen molar-refractivity contribution >= 4 is 23.3 Å². The fourth-order valence-electron chi connectivity index (χ4n) is 1.77. The second kappa shape index (κ2) is 4.25. The largest absolute Gasteiger partial charge is 0.353 e. The molecular formula is C10H13ClN4O. The first kappa shape index (κ1) is 11.1. The van der Waals surface area contributed by atoms with Crippen LogP contribution in [-0.4, -0.2) is 35.0 Å². The summed E-state index contributed by atoms with van der Waals surface area (Å²) in [5.74, 6) is 0.753. The van der Waals surface area contributed by atoms with Crippen LogP contribution in [0.15, 0.2) is 6.20 Å². The monoisotopic (exact) mass is 240 g/mol. The number of hydrogen-bond donors (Lipinski definition) is 1. The van der Waals surface area contributed by atoms with Crippen LogP contribution in [0.1, 0.15) is 12.5 Å². The normalized spacial score (nSPS) is 20.8. The van der Waals surface area contributed by atoms with Crippen LogP contribution in [0.5, 0.6) is 0 Å². The van der Waals surface area contributed by atoms with Crippen LogP contribution in [0.3, 0.4) is 0 Å². The molecule has 0 saturated carbocycles. The molecule has 0 spiro atoms. The highest BCUT2D eigenvalue weighted by Crippen LogP contribution is 2.21. The van der Waals surface area contributed by atoms with E-state index in [4.69, 9.17) is 11.6 Å². The second-order valence-corrected chi connectivity index (χ2v) is 4.14. The Morgan fingerprint density at radius 1 is 1.62 bits per heavy atom. The summed E-state index contributed by atoms with van der Waals surface area (Å²) in [6.07, 6.45) is 1.67. The van der Waals surface area contributed by atoms with Crippen LogP contribution in [0.25, 0.3) is 0 Å². The summed E-state index contributed by atoms with van der Waals surface area (Å²) < 4.78 is 0. The Morgan fingerprint density at radius 2 is 2.38 bits per heavy atom. The first-order valence-corrected chi connectivity index (χ1v) is 5.51. The average Bonchev–Trinajstić information content (AvgIpc) is 2.26. The molecule has 6 heteroatoms. The van der Waals surface area contributed by atoms with Crippen molar-refractivity contribution in [2.24, 2.45) is 0 Å². The molecule has 0 bridgehead atoms. The molecule has 0 aliphatic carbocycles. The zero-order valence-electron chi connectivity index (χ0n) is 9.20. The third-order valence-electron chi connectivity index (χ3n) is 2.69. The maximum absolute atomic E-state index is 11.5. The highest BCUT2D eigenvalue weighted by atomic mass is 35.5. The quantitative estimate of drug-likeness (QED) is 0.737. The van der Waals surface area contributed by atoms with Crippen LogP contribution in [-0.2, 0) is 4.79 Å². The van der Waals surface area contributed by atoms with Crippen molar-refractivity contribution in [3.8, 4) is 0 Å². The van der Waals surface area contributed by atoms with Crippen molar-refractivity contribution in [2.45, 2.75) is 19.9 Å². The van der Waals surface area contributed by atoms with Crippen molar-refractivity contribution in [2.75, 3.05) is 18.0 Å². The molecule has 1 aliphatic heterocycles. The van der Waals surface area contributed by atoms with Gasteiger partial charge in [-0.3, -0.25) is 4.79 Å². The minimum absolute atomic E-state index is 0.0142. The third kappa shape index (κ3) is 1.95. The molecule has 1 N–H and O–H groups in total. The van der Waals surface area contributed by atoms with E-state index in [2.05, 4.69) is 15.3 Å². The molecule has 1 saturated heterocycles. The number of anilines is 1. The number of carbonyl (C=O) groups is 1. The lowest BCUT2D eigenvalue weighted by Crippen LogP contribution is -2.54. The molecular weight excluding hydrogens is 228 g/mol. The molecule has 0 aromatic carbocycles. The van der Waals surface area contributed by atoms with Gasteiger partial charge in [0.15, 0.2) is 0 Å². The summed E-state index contributed by atoms with van der Waals surface area (Å²) in [5, 5.41) is 3.02. The third-order valence-corrected chi connectivity index (χ3v) is 2.87. The molecule has 1 aromatic rings. The summed E-state index contributed by atoms with van der Waals surface area (Å²) in [4.78, 5) is 21.6. The Labute approximate surface area is 98.8 Å².